The number of carbonyl (C=O) groups is 2. The third-order valence-corrected chi connectivity index (χ3v) is 6.73. The molecule has 35 heavy (non-hydrogen) atoms. The molecule has 0 bridgehead atoms. The van der Waals surface area contributed by atoms with Gasteiger partial charge in [-0.1, -0.05) is 43.3 Å². The van der Waals surface area contributed by atoms with Gasteiger partial charge >= 0.3 is 0 Å². The second kappa shape index (κ2) is 8.95. The summed E-state index contributed by atoms with van der Waals surface area (Å²) in [4.78, 5) is 28.2. The molecule has 1 amide bonds. The van der Waals surface area contributed by atoms with E-state index in [1.54, 1.807) is 24.3 Å². The Morgan fingerprint density at radius 3 is 2.31 bits per heavy atom. The van der Waals surface area contributed by atoms with E-state index in [4.69, 9.17) is 9.47 Å². The van der Waals surface area contributed by atoms with Gasteiger partial charge in [-0.05, 0) is 60.7 Å². The molecule has 6 heteroatoms. The van der Waals surface area contributed by atoms with E-state index < -0.39 is 17.7 Å². The zero-order chi connectivity index (χ0) is 24.7. The first kappa shape index (κ1) is 22.7. The van der Waals surface area contributed by atoms with Crippen molar-refractivity contribution in [1.82, 2.24) is 0 Å². The third-order valence-electron chi connectivity index (χ3n) is 6.73. The van der Waals surface area contributed by atoms with Gasteiger partial charge < -0.3 is 14.6 Å². The fourth-order valence-corrected chi connectivity index (χ4v) is 4.58. The highest BCUT2D eigenvalue weighted by Gasteiger charge is 2.47. The van der Waals surface area contributed by atoms with Gasteiger partial charge in [-0.25, -0.2) is 0 Å². The summed E-state index contributed by atoms with van der Waals surface area (Å²) < 4.78 is 11.3. The fourth-order valence-electron chi connectivity index (χ4n) is 4.58. The van der Waals surface area contributed by atoms with E-state index in [0.717, 1.165) is 28.7 Å². The average molecular weight is 470 g/mol. The average Bonchev–Trinajstić information content (AvgIpc) is 3.15. The van der Waals surface area contributed by atoms with Gasteiger partial charge in [0.15, 0.2) is 11.5 Å². The zero-order valence-electron chi connectivity index (χ0n) is 20.0. The van der Waals surface area contributed by atoms with E-state index >= 15 is 0 Å². The number of rotatable bonds is 4. The summed E-state index contributed by atoms with van der Waals surface area (Å²) >= 11 is 0. The Bertz CT molecular complexity index is 1360. The summed E-state index contributed by atoms with van der Waals surface area (Å²) in [5, 5.41) is 11.3. The van der Waals surface area contributed by atoms with Crippen molar-refractivity contribution in [3.63, 3.8) is 0 Å². The summed E-state index contributed by atoms with van der Waals surface area (Å²) in [6, 6.07) is 17.7. The van der Waals surface area contributed by atoms with Crippen LogP contribution >= 0.6 is 0 Å². The predicted octanol–water partition coefficient (Wildman–Crippen LogP) is 5.26. The molecule has 1 N–H and O–H groups in total. The van der Waals surface area contributed by atoms with Crippen LogP contribution < -0.4 is 14.4 Å². The number of amides is 1. The summed E-state index contributed by atoms with van der Waals surface area (Å²) in [6.45, 7) is 6.85. The van der Waals surface area contributed by atoms with Gasteiger partial charge in [0.2, 0.25) is 0 Å². The fraction of sp³-hybridized carbons (Fsp3) is 0.241. The Balaban J connectivity index is 1.69. The Hall–Kier alpha value is -4.06. The second-order valence-electron chi connectivity index (χ2n) is 8.89. The topological polar surface area (TPSA) is 76.1 Å². The largest absolute Gasteiger partial charge is 0.507 e. The van der Waals surface area contributed by atoms with Crippen LogP contribution in [-0.2, 0) is 16.0 Å². The van der Waals surface area contributed by atoms with Crippen LogP contribution in [0.15, 0.2) is 66.2 Å². The summed E-state index contributed by atoms with van der Waals surface area (Å²) in [7, 11) is 0. The van der Waals surface area contributed by atoms with E-state index in [2.05, 4.69) is 6.92 Å². The predicted molar refractivity (Wildman–Crippen MR) is 134 cm³/mol. The van der Waals surface area contributed by atoms with Crippen LogP contribution in [0.1, 0.15) is 40.8 Å². The molecule has 0 aromatic heterocycles. The molecule has 0 saturated carbocycles. The molecule has 6 nitrogen and oxygen atoms in total. The van der Waals surface area contributed by atoms with E-state index in [9.17, 15) is 14.7 Å². The molecule has 0 aliphatic carbocycles. The molecule has 2 heterocycles. The van der Waals surface area contributed by atoms with Gasteiger partial charge in [-0.15, -0.1) is 0 Å². The standard InChI is InChI=1S/C29H27NO5/c1-4-19-6-9-20(10-7-19)26-25(27(31)21-8-5-17(2)18(3)15-21)28(32)29(33)30(26)22-11-12-23-24(16-22)35-14-13-34-23/h5-12,15-16,26,31H,4,13-14H2,1-3H3/b27-25+. The Morgan fingerprint density at radius 2 is 1.63 bits per heavy atom. The minimum atomic E-state index is -0.787. The van der Waals surface area contributed by atoms with Crippen molar-refractivity contribution in [1.29, 1.82) is 0 Å². The lowest BCUT2D eigenvalue weighted by Gasteiger charge is -2.27. The molecule has 1 atom stereocenters. The molecule has 2 aliphatic rings. The molecule has 0 spiro atoms. The number of aliphatic hydroxyl groups is 1. The van der Waals surface area contributed by atoms with E-state index in [0.29, 0.717) is 36.0 Å². The molecular weight excluding hydrogens is 442 g/mol. The quantitative estimate of drug-likeness (QED) is 0.320. The van der Waals surface area contributed by atoms with Crippen molar-refractivity contribution in [3.8, 4) is 11.5 Å². The summed E-state index contributed by atoms with van der Waals surface area (Å²) in [5.41, 5.74) is 5.01. The first-order chi connectivity index (χ1) is 16.9. The number of aliphatic hydroxyl groups excluding tert-OH is 1. The highest BCUT2D eigenvalue weighted by atomic mass is 16.6. The third kappa shape index (κ3) is 3.95. The number of fused-ring (bicyclic) bond motifs is 1. The van der Waals surface area contributed by atoms with Gasteiger partial charge in [0, 0.05) is 17.3 Å². The number of ketones is 1. The van der Waals surface area contributed by atoms with Crippen LogP contribution in [0.25, 0.3) is 5.76 Å². The number of Topliss-reactive ketones (excluding diaryl/α,β-unsaturated/α-hetero) is 1. The van der Waals surface area contributed by atoms with Crippen molar-refractivity contribution >= 4 is 23.1 Å². The highest BCUT2D eigenvalue weighted by molar-refractivity contribution is 6.51. The van der Waals surface area contributed by atoms with Gasteiger partial charge in [0.1, 0.15) is 19.0 Å². The lowest BCUT2D eigenvalue weighted by molar-refractivity contribution is -0.132. The smallest absolute Gasteiger partial charge is 0.300 e. The van der Waals surface area contributed by atoms with Crippen LogP contribution in [-0.4, -0.2) is 30.0 Å². The number of nitrogens with zero attached hydrogens (tertiary/aromatic N) is 1. The minimum absolute atomic E-state index is 0.0670. The lowest BCUT2D eigenvalue weighted by Crippen LogP contribution is -2.29. The first-order valence-electron chi connectivity index (χ1n) is 11.8. The van der Waals surface area contributed by atoms with Gasteiger partial charge in [-0.2, -0.15) is 0 Å². The summed E-state index contributed by atoms with van der Waals surface area (Å²) in [5.74, 6) is -0.492. The number of hydrogen-bond donors (Lipinski definition) is 1. The molecule has 1 fully saturated rings. The van der Waals surface area contributed by atoms with Crippen LogP contribution in [0.2, 0.25) is 0 Å². The second-order valence-corrected chi connectivity index (χ2v) is 8.89. The molecule has 3 aromatic rings. The van der Waals surface area contributed by atoms with Gasteiger partial charge in [-0.3, -0.25) is 14.5 Å². The van der Waals surface area contributed by atoms with Crippen LogP contribution in [0, 0.1) is 13.8 Å². The molecule has 1 saturated heterocycles. The number of aryl methyl sites for hydroxylation is 3. The highest BCUT2D eigenvalue weighted by Crippen LogP contribution is 2.44. The zero-order valence-corrected chi connectivity index (χ0v) is 20.0. The molecule has 5 rings (SSSR count). The van der Waals surface area contributed by atoms with E-state index in [-0.39, 0.29) is 11.3 Å². The van der Waals surface area contributed by atoms with E-state index in [1.807, 2.05) is 50.2 Å². The number of ether oxygens (including phenoxy) is 2. The number of anilines is 1. The molecule has 178 valence electrons. The van der Waals surface area contributed by atoms with Crippen molar-refractivity contribution in [3.05, 3.63) is 94.1 Å². The monoisotopic (exact) mass is 469 g/mol. The molecular formula is C29H27NO5. The maximum absolute atomic E-state index is 13.4. The van der Waals surface area contributed by atoms with Crippen LogP contribution in [0.5, 0.6) is 11.5 Å². The Labute approximate surface area is 204 Å². The van der Waals surface area contributed by atoms with Crippen LogP contribution in [0.3, 0.4) is 0 Å². The normalized spacial score (nSPS) is 18.7. The number of benzene rings is 3. The van der Waals surface area contributed by atoms with Crippen LogP contribution in [0.4, 0.5) is 5.69 Å². The Kier molecular flexibility index (Phi) is 5.81. The van der Waals surface area contributed by atoms with Crippen molar-refractivity contribution in [2.24, 2.45) is 0 Å². The Morgan fingerprint density at radius 1 is 0.914 bits per heavy atom. The minimum Gasteiger partial charge on any atom is -0.507 e. The maximum Gasteiger partial charge on any atom is 0.300 e. The maximum atomic E-state index is 13.4. The summed E-state index contributed by atoms with van der Waals surface area (Å²) in [6.07, 6.45) is 0.866. The molecule has 0 radical (unpaired) electrons. The molecule has 1 unspecified atom stereocenters. The lowest BCUT2D eigenvalue weighted by atomic mass is 9.93. The number of hydrogen-bond acceptors (Lipinski definition) is 5. The van der Waals surface area contributed by atoms with Crippen molar-refractivity contribution < 1.29 is 24.2 Å². The molecule has 3 aromatic carbocycles. The van der Waals surface area contributed by atoms with Crippen molar-refractivity contribution in [2.75, 3.05) is 18.1 Å². The van der Waals surface area contributed by atoms with Gasteiger partial charge in [0.25, 0.3) is 11.7 Å². The first-order valence-corrected chi connectivity index (χ1v) is 11.8. The van der Waals surface area contributed by atoms with Crippen molar-refractivity contribution in [2.45, 2.75) is 33.2 Å². The van der Waals surface area contributed by atoms with E-state index in [1.165, 1.54) is 4.90 Å². The SMILES string of the molecule is CCc1ccc(C2/C(=C(\O)c3ccc(C)c(C)c3)C(=O)C(=O)N2c2ccc3c(c2)OCCO3)cc1. The number of carbonyl (C=O) groups excluding carboxylic acids is 2. The molecule has 2 aliphatic heterocycles. The van der Waals surface area contributed by atoms with Gasteiger partial charge in [0.05, 0.1) is 11.6 Å².